The summed E-state index contributed by atoms with van der Waals surface area (Å²) in [5.41, 5.74) is -0.108. The Morgan fingerprint density at radius 1 is 1.16 bits per heavy atom. The minimum absolute atomic E-state index is 0.0108. The fourth-order valence-electron chi connectivity index (χ4n) is 5.53. The first kappa shape index (κ1) is 32.3. The van der Waals surface area contributed by atoms with Crippen LogP contribution in [-0.2, 0) is 25.5 Å². The van der Waals surface area contributed by atoms with E-state index in [9.17, 15) is 19.2 Å². The van der Waals surface area contributed by atoms with E-state index in [4.69, 9.17) is 18.9 Å². The third kappa shape index (κ3) is 8.93. The lowest BCUT2D eigenvalue weighted by atomic mass is 10.1. The van der Waals surface area contributed by atoms with Crippen molar-refractivity contribution in [2.24, 2.45) is 0 Å². The van der Waals surface area contributed by atoms with Crippen LogP contribution in [0.3, 0.4) is 0 Å². The molecule has 43 heavy (non-hydrogen) atoms. The van der Waals surface area contributed by atoms with Crippen molar-refractivity contribution in [2.75, 3.05) is 26.2 Å². The summed E-state index contributed by atoms with van der Waals surface area (Å²) in [6.45, 7) is 11.5. The van der Waals surface area contributed by atoms with Crippen LogP contribution in [0.2, 0.25) is 0 Å². The van der Waals surface area contributed by atoms with Gasteiger partial charge in [0.05, 0.1) is 6.10 Å². The van der Waals surface area contributed by atoms with Crippen LogP contribution in [0.15, 0.2) is 46.1 Å². The first-order valence-corrected chi connectivity index (χ1v) is 15.0. The topological polar surface area (TPSA) is 132 Å². The third-order valence-electron chi connectivity index (χ3n) is 7.64. The molecule has 1 N–H and O–H groups in total. The zero-order valence-corrected chi connectivity index (χ0v) is 25.7. The lowest BCUT2D eigenvalue weighted by Gasteiger charge is -2.32. The molecule has 2 aromatic rings. The van der Waals surface area contributed by atoms with E-state index in [1.54, 1.807) is 11.8 Å². The largest absolute Gasteiger partial charge is 0.508 e. The number of likely N-dealkylation sites (tertiary alicyclic amines) is 1. The van der Waals surface area contributed by atoms with Crippen LogP contribution in [-0.4, -0.2) is 81.7 Å². The van der Waals surface area contributed by atoms with Gasteiger partial charge in [-0.1, -0.05) is 37.3 Å². The fourth-order valence-corrected chi connectivity index (χ4v) is 5.53. The Kier molecular flexibility index (Phi) is 10.7. The number of amides is 1. The van der Waals surface area contributed by atoms with Gasteiger partial charge in [0.25, 0.3) is 5.56 Å². The number of aromatic amines is 1. The lowest BCUT2D eigenvalue weighted by Crippen LogP contribution is -2.45. The highest BCUT2D eigenvalue weighted by Crippen LogP contribution is 2.32. The minimum atomic E-state index is -0.811. The zero-order chi connectivity index (χ0) is 31.1. The van der Waals surface area contributed by atoms with Crippen molar-refractivity contribution in [3.05, 3.63) is 68.5 Å². The predicted molar refractivity (Wildman–Crippen MR) is 159 cm³/mol. The number of carbonyl (C=O) groups excluding carboxylic acids is 2. The number of H-pyrrole nitrogens is 1. The van der Waals surface area contributed by atoms with Crippen molar-refractivity contribution in [1.82, 2.24) is 19.4 Å². The average Bonchev–Trinajstić information content (AvgIpc) is 3.57. The first-order chi connectivity index (χ1) is 20.4. The average molecular weight is 601 g/mol. The number of nitrogens with one attached hydrogen (secondary N) is 1. The number of ether oxygens (including phenoxy) is 4. The number of aryl methyl sites for hydroxylation is 1. The monoisotopic (exact) mass is 600 g/mol. The van der Waals surface area contributed by atoms with E-state index in [0.717, 1.165) is 18.4 Å². The van der Waals surface area contributed by atoms with Crippen molar-refractivity contribution in [3.8, 4) is 0 Å². The van der Waals surface area contributed by atoms with Crippen molar-refractivity contribution in [1.29, 1.82) is 0 Å². The molecule has 0 bridgehead atoms. The van der Waals surface area contributed by atoms with Crippen LogP contribution >= 0.6 is 0 Å². The molecule has 4 atom stereocenters. The van der Waals surface area contributed by atoms with Gasteiger partial charge in [0.2, 0.25) is 0 Å². The van der Waals surface area contributed by atoms with Crippen LogP contribution in [0.1, 0.15) is 70.7 Å². The molecule has 0 saturated carbocycles. The second-order valence-corrected chi connectivity index (χ2v) is 12.2. The summed E-state index contributed by atoms with van der Waals surface area (Å²) in [5.74, 6) is 0. The number of hydrogen-bond acceptors (Lipinski definition) is 9. The molecule has 2 saturated heterocycles. The van der Waals surface area contributed by atoms with Gasteiger partial charge in [-0.25, -0.2) is 14.4 Å². The number of nitrogens with zero attached hydrogens (tertiary/aromatic N) is 3. The van der Waals surface area contributed by atoms with E-state index in [0.29, 0.717) is 38.2 Å². The maximum atomic E-state index is 12.8. The lowest BCUT2D eigenvalue weighted by molar-refractivity contribution is -0.0384. The highest BCUT2D eigenvalue weighted by Gasteiger charge is 2.39. The Labute approximate surface area is 251 Å². The summed E-state index contributed by atoms with van der Waals surface area (Å²) < 4.78 is 24.1. The first-order valence-electron chi connectivity index (χ1n) is 15.0. The second-order valence-electron chi connectivity index (χ2n) is 12.2. The summed E-state index contributed by atoms with van der Waals surface area (Å²) in [5, 5.41) is 0. The molecule has 2 aliphatic heterocycles. The highest BCUT2D eigenvalue weighted by molar-refractivity contribution is 5.69. The summed E-state index contributed by atoms with van der Waals surface area (Å²) >= 11 is 0. The molecule has 3 heterocycles. The molecule has 12 heteroatoms. The van der Waals surface area contributed by atoms with Gasteiger partial charge in [-0.2, -0.15) is 0 Å². The van der Waals surface area contributed by atoms with Crippen LogP contribution in [0.25, 0.3) is 0 Å². The van der Waals surface area contributed by atoms with E-state index in [1.807, 2.05) is 58.0 Å². The Morgan fingerprint density at radius 2 is 1.91 bits per heavy atom. The molecule has 0 radical (unpaired) electrons. The molecule has 2 fully saturated rings. The Hall–Kier alpha value is -3.64. The number of benzene rings is 1. The predicted octanol–water partition coefficient (Wildman–Crippen LogP) is 3.97. The van der Waals surface area contributed by atoms with Gasteiger partial charge in [0, 0.05) is 50.4 Å². The molecule has 1 amide bonds. The molecule has 236 valence electrons. The summed E-state index contributed by atoms with van der Waals surface area (Å²) in [4.78, 5) is 55.9. The van der Waals surface area contributed by atoms with Crippen molar-refractivity contribution < 1.29 is 28.5 Å². The van der Waals surface area contributed by atoms with Gasteiger partial charge < -0.3 is 23.8 Å². The van der Waals surface area contributed by atoms with Crippen molar-refractivity contribution in [2.45, 2.75) is 96.9 Å². The van der Waals surface area contributed by atoms with E-state index in [-0.39, 0.29) is 25.2 Å². The number of carbonyl (C=O) groups is 2. The Balaban J connectivity index is 1.34. The fraction of sp³-hybridized carbons (Fsp3) is 0.613. The third-order valence-corrected chi connectivity index (χ3v) is 7.64. The maximum Gasteiger partial charge on any atom is 0.508 e. The quantitative estimate of drug-likeness (QED) is 0.402. The standard InChI is InChI=1S/C31H44N4O8/c1-6-24-25(17-26(41-24)35-18-21(2)27(36)32-28(35)37)42-30(39)40-16-15-33(19-22-11-8-7-9-12-22)20-23-13-10-14-34(23)29(38)43-31(3,4)5/h7-9,11-12,18,23-26H,6,10,13-17,19-20H2,1-5H3,(H,32,36,37)/t23-,24+,25+,26+/m0/s1. The van der Waals surface area contributed by atoms with E-state index in [2.05, 4.69) is 9.88 Å². The summed E-state index contributed by atoms with van der Waals surface area (Å²) in [6.07, 6.45) is 1.21. The second kappa shape index (κ2) is 14.2. The van der Waals surface area contributed by atoms with Gasteiger partial charge in [0.15, 0.2) is 0 Å². The molecule has 4 rings (SSSR count). The van der Waals surface area contributed by atoms with Gasteiger partial charge >= 0.3 is 17.9 Å². The molecule has 1 aromatic heterocycles. The van der Waals surface area contributed by atoms with Crippen LogP contribution in [0.5, 0.6) is 0 Å². The van der Waals surface area contributed by atoms with Gasteiger partial charge in [-0.3, -0.25) is 19.2 Å². The number of aromatic nitrogens is 2. The normalized spacial score (nSPS) is 22.1. The number of hydrogen-bond donors (Lipinski definition) is 1. The van der Waals surface area contributed by atoms with Gasteiger partial charge in [-0.05, 0) is 52.5 Å². The summed E-state index contributed by atoms with van der Waals surface area (Å²) in [6, 6.07) is 9.99. The summed E-state index contributed by atoms with van der Waals surface area (Å²) in [7, 11) is 0. The van der Waals surface area contributed by atoms with E-state index < -0.39 is 41.4 Å². The Morgan fingerprint density at radius 3 is 2.60 bits per heavy atom. The molecule has 2 aliphatic rings. The molecule has 1 aromatic carbocycles. The number of rotatable bonds is 10. The van der Waals surface area contributed by atoms with E-state index >= 15 is 0 Å². The van der Waals surface area contributed by atoms with Crippen LogP contribution in [0.4, 0.5) is 9.59 Å². The van der Waals surface area contributed by atoms with Crippen molar-refractivity contribution >= 4 is 12.2 Å². The Bertz CT molecular complexity index is 1350. The minimum Gasteiger partial charge on any atom is -0.444 e. The van der Waals surface area contributed by atoms with E-state index in [1.165, 1.54) is 10.8 Å². The molecule has 0 spiro atoms. The molecule has 12 nitrogen and oxygen atoms in total. The van der Waals surface area contributed by atoms with Gasteiger partial charge in [-0.15, -0.1) is 0 Å². The maximum absolute atomic E-state index is 12.8. The SMILES string of the molecule is CC[C@H]1O[C@@H](n2cc(C)c(=O)[nH]c2=O)C[C@H]1OC(=O)OCCN(Cc1ccccc1)C[C@@H]1CCCN1C(=O)OC(C)(C)C. The molecular weight excluding hydrogens is 556 g/mol. The highest BCUT2D eigenvalue weighted by atomic mass is 16.7. The molecular formula is C31H44N4O8. The van der Waals surface area contributed by atoms with Crippen molar-refractivity contribution in [3.63, 3.8) is 0 Å². The van der Waals surface area contributed by atoms with Gasteiger partial charge in [0.1, 0.15) is 24.5 Å². The molecule has 0 aliphatic carbocycles. The van der Waals surface area contributed by atoms with Crippen LogP contribution < -0.4 is 11.2 Å². The zero-order valence-electron chi connectivity index (χ0n) is 25.7. The molecule has 0 unspecified atom stereocenters. The van der Waals surface area contributed by atoms with Crippen LogP contribution in [0, 0.1) is 6.92 Å². The smallest absolute Gasteiger partial charge is 0.444 e.